The Kier molecular flexibility index (Phi) is 4.97. The summed E-state index contributed by atoms with van der Waals surface area (Å²) < 4.78 is 13.3. The van der Waals surface area contributed by atoms with Gasteiger partial charge in [0.25, 0.3) is 5.91 Å². The molecule has 1 heterocycles. The molecule has 5 heteroatoms. The van der Waals surface area contributed by atoms with E-state index in [1.165, 1.54) is 18.6 Å². The number of hydrogen-bond donors (Lipinski definition) is 1. The van der Waals surface area contributed by atoms with Gasteiger partial charge in [-0.1, -0.05) is 25.3 Å². The summed E-state index contributed by atoms with van der Waals surface area (Å²) in [7, 11) is 0. The van der Waals surface area contributed by atoms with Crippen molar-refractivity contribution in [1.82, 2.24) is 9.80 Å². The van der Waals surface area contributed by atoms with E-state index in [1.54, 1.807) is 17.0 Å². The first-order valence-electron chi connectivity index (χ1n) is 8.55. The second-order valence-electron chi connectivity index (χ2n) is 6.86. The Morgan fingerprint density at radius 3 is 2.48 bits per heavy atom. The molecule has 4 nitrogen and oxygen atoms in total. The SMILES string of the molecule is O=C(c1cccc(F)c1)N1CCN(CC2(O)CCCCC2)CC1. The van der Waals surface area contributed by atoms with E-state index >= 15 is 0 Å². The molecule has 2 fully saturated rings. The fourth-order valence-electron chi connectivity index (χ4n) is 3.70. The van der Waals surface area contributed by atoms with Gasteiger partial charge in [-0.15, -0.1) is 0 Å². The maximum absolute atomic E-state index is 13.3. The van der Waals surface area contributed by atoms with Crippen molar-refractivity contribution in [2.75, 3.05) is 32.7 Å². The lowest BCUT2D eigenvalue weighted by Gasteiger charge is -2.41. The number of rotatable bonds is 3. The topological polar surface area (TPSA) is 43.8 Å². The molecule has 23 heavy (non-hydrogen) atoms. The Morgan fingerprint density at radius 1 is 1.13 bits per heavy atom. The van der Waals surface area contributed by atoms with Gasteiger partial charge in [-0.25, -0.2) is 4.39 Å². The summed E-state index contributed by atoms with van der Waals surface area (Å²) in [6.07, 6.45) is 5.20. The molecule has 126 valence electrons. The molecule has 3 rings (SSSR count). The summed E-state index contributed by atoms with van der Waals surface area (Å²) in [5, 5.41) is 10.6. The van der Waals surface area contributed by atoms with Crippen LogP contribution in [0.3, 0.4) is 0 Å². The van der Waals surface area contributed by atoms with Crippen LogP contribution in [0.25, 0.3) is 0 Å². The number of carbonyl (C=O) groups is 1. The van der Waals surface area contributed by atoms with Gasteiger partial charge in [0.2, 0.25) is 0 Å². The zero-order valence-corrected chi connectivity index (χ0v) is 13.5. The van der Waals surface area contributed by atoms with Gasteiger partial charge in [0.05, 0.1) is 5.60 Å². The number of piperazine rings is 1. The predicted octanol–water partition coefficient (Wildman–Crippen LogP) is 2.28. The largest absolute Gasteiger partial charge is 0.389 e. The first kappa shape index (κ1) is 16.4. The maximum atomic E-state index is 13.3. The van der Waals surface area contributed by atoms with Crippen molar-refractivity contribution in [3.05, 3.63) is 35.6 Å². The molecule has 1 N–H and O–H groups in total. The fourth-order valence-corrected chi connectivity index (χ4v) is 3.70. The van der Waals surface area contributed by atoms with Gasteiger partial charge in [0, 0.05) is 38.3 Å². The molecule has 0 aromatic heterocycles. The van der Waals surface area contributed by atoms with Crippen molar-refractivity contribution in [2.24, 2.45) is 0 Å². The van der Waals surface area contributed by atoms with E-state index in [9.17, 15) is 14.3 Å². The molecular weight excluding hydrogens is 295 g/mol. The first-order valence-corrected chi connectivity index (χ1v) is 8.55. The van der Waals surface area contributed by atoms with Crippen LogP contribution in [-0.4, -0.2) is 59.1 Å². The molecule has 1 saturated carbocycles. The maximum Gasteiger partial charge on any atom is 0.254 e. The van der Waals surface area contributed by atoms with Gasteiger partial charge in [0.1, 0.15) is 5.82 Å². The second-order valence-corrected chi connectivity index (χ2v) is 6.86. The van der Waals surface area contributed by atoms with Crippen molar-refractivity contribution in [2.45, 2.75) is 37.7 Å². The summed E-state index contributed by atoms with van der Waals surface area (Å²) in [4.78, 5) is 16.4. The van der Waals surface area contributed by atoms with E-state index < -0.39 is 5.60 Å². The molecular formula is C18H25FN2O2. The standard InChI is InChI=1S/C18H25FN2O2/c19-16-6-4-5-15(13-16)17(22)21-11-9-20(10-12-21)14-18(23)7-2-1-3-8-18/h4-6,13,23H,1-3,7-12,14H2. The minimum atomic E-state index is -0.549. The molecule has 0 spiro atoms. The lowest BCUT2D eigenvalue weighted by Crippen LogP contribution is -2.53. The van der Waals surface area contributed by atoms with E-state index in [2.05, 4.69) is 4.90 Å². The van der Waals surface area contributed by atoms with Gasteiger partial charge in [-0.3, -0.25) is 9.69 Å². The smallest absolute Gasteiger partial charge is 0.254 e. The third kappa shape index (κ3) is 4.09. The van der Waals surface area contributed by atoms with Crippen molar-refractivity contribution >= 4 is 5.91 Å². The molecule has 0 atom stereocenters. The summed E-state index contributed by atoms with van der Waals surface area (Å²) in [5.74, 6) is -0.491. The van der Waals surface area contributed by atoms with Crippen LogP contribution in [0.4, 0.5) is 4.39 Å². The molecule has 0 bridgehead atoms. The molecule has 1 saturated heterocycles. The highest BCUT2D eigenvalue weighted by atomic mass is 19.1. The third-order valence-corrected chi connectivity index (χ3v) is 5.03. The molecule has 0 unspecified atom stereocenters. The van der Waals surface area contributed by atoms with Crippen LogP contribution in [0.2, 0.25) is 0 Å². The van der Waals surface area contributed by atoms with Crippen LogP contribution in [-0.2, 0) is 0 Å². The van der Waals surface area contributed by atoms with Gasteiger partial charge in [-0.2, -0.15) is 0 Å². The highest BCUT2D eigenvalue weighted by Gasteiger charge is 2.33. The number of halogens is 1. The molecule has 1 aromatic rings. The number of β-amino-alcohol motifs (C(OH)–C–C–N with tert-alkyl or cyclic N) is 1. The molecule has 1 aromatic carbocycles. The zero-order chi connectivity index (χ0) is 16.3. The number of aliphatic hydroxyl groups is 1. The predicted molar refractivity (Wildman–Crippen MR) is 86.8 cm³/mol. The van der Waals surface area contributed by atoms with Crippen LogP contribution in [0.1, 0.15) is 42.5 Å². The zero-order valence-electron chi connectivity index (χ0n) is 13.5. The van der Waals surface area contributed by atoms with Crippen LogP contribution < -0.4 is 0 Å². The monoisotopic (exact) mass is 320 g/mol. The number of carbonyl (C=O) groups excluding carboxylic acids is 1. The summed E-state index contributed by atoms with van der Waals surface area (Å²) in [6, 6.07) is 5.86. The average molecular weight is 320 g/mol. The molecule has 1 aliphatic heterocycles. The normalized spacial score (nSPS) is 22.1. The quantitative estimate of drug-likeness (QED) is 0.929. The number of benzene rings is 1. The highest BCUT2D eigenvalue weighted by Crippen LogP contribution is 2.29. The Morgan fingerprint density at radius 2 is 1.83 bits per heavy atom. The Hall–Kier alpha value is -1.46. The van der Waals surface area contributed by atoms with E-state index in [0.29, 0.717) is 25.2 Å². The minimum Gasteiger partial charge on any atom is -0.389 e. The Labute approximate surface area is 136 Å². The molecule has 2 aliphatic rings. The van der Waals surface area contributed by atoms with Gasteiger partial charge < -0.3 is 10.0 Å². The summed E-state index contributed by atoms with van der Waals surface area (Å²) in [6.45, 7) is 3.50. The summed E-state index contributed by atoms with van der Waals surface area (Å²) >= 11 is 0. The van der Waals surface area contributed by atoms with Crippen LogP contribution in [0, 0.1) is 5.82 Å². The summed E-state index contributed by atoms with van der Waals surface area (Å²) in [5.41, 5.74) is -0.142. The molecule has 1 aliphatic carbocycles. The van der Waals surface area contributed by atoms with E-state index in [1.807, 2.05) is 0 Å². The van der Waals surface area contributed by atoms with E-state index in [4.69, 9.17) is 0 Å². The number of amides is 1. The first-order chi connectivity index (χ1) is 11.1. The lowest BCUT2D eigenvalue weighted by molar-refractivity contribution is -0.0339. The minimum absolute atomic E-state index is 0.111. The third-order valence-electron chi connectivity index (χ3n) is 5.03. The Balaban J connectivity index is 1.53. The van der Waals surface area contributed by atoms with Gasteiger partial charge in [0.15, 0.2) is 0 Å². The fraction of sp³-hybridized carbons (Fsp3) is 0.611. The van der Waals surface area contributed by atoms with Crippen LogP contribution in [0.5, 0.6) is 0 Å². The van der Waals surface area contributed by atoms with Crippen molar-refractivity contribution in [1.29, 1.82) is 0 Å². The van der Waals surface area contributed by atoms with Gasteiger partial charge in [-0.05, 0) is 31.0 Å². The highest BCUT2D eigenvalue weighted by molar-refractivity contribution is 5.94. The second kappa shape index (κ2) is 6.97. The van der Waals surface area contributed by atoms with Gasteiger partial charge >= 0.3 is 0 Å². The van der Waals surface area contributed by atoms with Crippen molar-refractivity contribution in [3.63, 3.8) is 0 Å². The van der Waals surface area contributed by atoms with Crippen molar-refractivity contribution < 1.29 is 14.3 Å². The van der Waals surface area contributed by atoms with Crippen LogP contribution >= 0.6 is 0 Å². The number of nitrogens with zero attached hydrogens (tertiary/aromatic N) is 2. The van der Waals surface area contributed by atoms with E-state index in [-0.39, 0.29) is 11.7 Å². The molecule has 1 amide bonds. The number of hydrogen-bond acceptors (Lipinski definition) is 3. The van der Waals surface area contributed by atoms with Crippen molar-refractivity contribution in [3.8, 4) is 0 Å². The van der Waals surface area contributed by atoms with E-state index in [0.717, 1.165) is 38.8 Å². The van der Waals surface area contributed by atoms with Crippen LogP contribution in [0.15, 0.2) is 24.3 Å². The molecule has 0 radical (unpaired) electrons. The average Bonchev–Trinajstić information content (AvgIpc) is 2.55. The Bertz CT molecular complexity index is 550. The lowest BCUT2D eigenvalue weighted by atomic mass is 9.84.